The lowest BCUT2D eigenvalue weighted by molar-refractivity contribution is -0.126. The first-order valence-electron chi connectivity index (χ1n) is 6.30. The van der Waals surface area contributed by atoms with Crippen molar-refractivity contribution >= 4 is 23.3 Å². The van der Waals surface area contributed by atoms with Crippen LogP contribution in [0.25, 0.3) is 6.08 Å². The summed E-state index contributed by atoms with van der Waals surface area (Å²) in [5.41, 5.74) is 2.09. The summed E-state index contributed by atoms with van der Waals surface area (Å²) in [5, 5.41) is 4.11. The molecule has 0 aliphatic heterocycles. The second kappa shape index (κ2) is 6.95. The fourth-order valence-corrected chi connectivity index (χ4v) is 2.44. The third-order valence-corrected chi connectivity index (χ3v) is 3.45. The van der Waals surface area contributed by atoms with E-state index in [0.29, 0.717) is 6.54 Å². The Bertz CT molecular complexity index is 514. The van der Waals surface area contributed by atoms with Gasteiger partial charge in [0.25, 0.3) is 0 Å². The van der Waals surface area contributed by atoms with Gasteiger partial charge in [-0.25, -0.2) is 0 Å². The van der Waals surface area contributed by atoms with Crippen molar-refractivity contribution in [2.24, 2.45) is 0 Å². The van der Waals surface area contributed by atoms with Crippen LogP contribution in [0.3, 0.4) is 0 Å². The molecule has 0 N–H and O–H groups in total. The quantitative estimate of drug-likeness (QED) is 0.751. The molecule has 0 aliphatic carbocycles. The van der Waals surface area contributed by atoms with E-state index in [1.807, 2.05) is 16.3 Å². The molecule has 0 aliphatic rings. The Hall–Kier alpha value is -1.81. The summed E-state index contributed by atoms with van der Waals surface area (Å²) in [6, 6.07) is 3.88. The van der Waals surface area contributed by atoms with Crippen molar-refractivity contribution in [1.29, 1.82) is 0 Å². The van der Waals surface area contributed by atoms with Gasteiger partial charge in [-0.15, -0.1) is 0 Å². The molecule has 0 unspecified atom stereocenters. The van der Waals surface area contributed by atoms with Crippen molar-refractivity contribution in [2.75, 3.05) is 6.54 Å². The van der Waals surface area contributed by atoms with Crippen molar-refractivity contribution in [3.63, 3.8) is 0 Å². The minimum absolute atomic E-state index is 0.0363. The first kappa shape index (κ1) is 13.6. The molecular weight excluding hydrogens is 258 g/mol. The molecule has 2 rings (SSSR count). The number of rotatable bonds is 6. The smallest absolute Gasteiger partial charge is 0.246 e. The lowest BCUT2D eigenvalue weighted by Gasteiger charge is -2.19. The molecule has 0 saturated carbocycles. The maximum atomic E-state index is 12.2. The number of hydrogen-bond donors (Lipinski definition) is 0. The van der Waals surface area contributed by atoms with E-state index in [4.69, 9.17) is 4.42 Å². The summed E-state index contributed by atoms with van der Waals surface area (Å²) in [5.74, 6) is 0.0363. The van der Waals surface area contributed by atoms with Crippen LogP contribution in [0.15, 0.2) is 45.9 Å². The zero-order chi connectivity index (χ0) is 13.5. The van der Waals surface area contributed by atoms with Gasteiger partial charge in [0.1, 0.15) is 0 Å². The number of furan rings is 1. The van der Waals surface area contributed by atoms with Gasteiger partial charge in [0, 0.05) is 24.7 Å². The van der Waals surface area contributed by atoms with Crippen LogP contribution in [0, 0.1) is 0 Å². The van der Waals surface area contributed by atoms with E-state index in [2.05, 4.69) is 18.4 Å². The molecule has 0 radical (unpaired) electrons. The van der Waals surface area contributed by atoms with Gasteiger partial charge in [0.15, 0.2) is 0 Å². The van der Waals surface area contributed by atoms with Crippen molar-refractivity contribution < 1.29 is 9.21 Å². The van der Waals surface area contributed by atoms with Gasteiger partial charge in [0.05, 0.1) is 12.5 Å². The van der Waals surface area contributed by atoms with E-state index in [0.717, 1.165) is 18.5 Å². The number of carbonyl (C=O) groups is 1. The van der Waals surface area contributed by atoms with E-state index in [-0.39, 0.29) is 5.91 Å². The van der Waals surface area contributed by atoms with Crippen molar-refractivity contribution in [2.45, 2.75) is 19.9 Å². The molecule has 2 aromatic rings. The Morgan fingerprint density at radius 2 is 2.37 bits per heavy atom. The predicted octanol–water partition coefficient (Wildman–Crippen LogP) is 3.79. The van der Waals surface area contributed by atoms with E-state index in [1.165, 1.54) is 5.56 Å². The van der Waals surface area contributed by atoms with Crippen LogP contribution in [0.2, 0.25) is 0 Å². The van der Waals surface area contributed by atoms with Crippen molar-refractivity contribution in [3.05, 3.63) is 52.6 Å². The number of hydrogen-bond acceptors (Lipinski definition) is 3. The molecule has 3 nitrogen and oxygen atoms in total. The second-order valence-corrected chi connectivity index (χ2v) is 5.06. The zero-order valence-electron chi connectivity index (χ0n) is 10.9. The normalized spacial score (nSPS) is 11.0. The largest absolute Gasteiger partial charge is 0.472 e. The monoisotopic (exact) mass is 275 g/mol. The Kier molecular flexibility index (Phi) is 4.98. The highest BCUT2D eigenvalue weighted by molar-refractivity contribution is 7.07. The standard InChI is InChI=1S/C15H17NO2S/c1-2-7-16(10-14-6-9-19-12-14)15(17)4-3-13-5-8-18-11-13/h3-6,8-9,11-12H,2,7,10H2,1H3/b4-3+. The van der Waals surface area contributed by atoms with E-state index < -0.39 is 0 Å². The van der Waals surface area contributed by atoms with Gasteiger partial charge >= 0.3 is 0 Å². The summed E-state index contributed by atoms with van der Waals surface area (Å²) >= 11 is 1.65. The number of nitrogens with zero attached hydrogens (tertiary/aromatic N) is 1. The summed E-state index contributed by atoms with van der Waals surface area (Å²) in [7, 11) is 0. The fraction of sp³-hybridized carbons (Fsp3) is 0.267. The zero-order valence-corrected chi connectivity index (χ0v) is 11.7. The van der Waals surface area contributed by atoms with Crippen LogP contribution in [0.1, 0.15) is 24.5 Å². The Morgan fingerprint density at radius 1 is 1.47 bits per heavy atom. The molecule has 0 fully saturated rings. The number of thiophene rings is 1. The molecule has 1 amide bonds. The maximum Gasteiger partial charge on any atom is 0.246 e. The summed E-state index contributed by atoms with van der Waals surface area (Å²) in [4.78, 5) is 14.0. The molecule has 2 heterocycles. The highest BCUT2D eigenvalue weighted by Gasteiger charge is 2.10. The lowest BCUT2D eigenvalue weighted by Crippen LogP contribution is -2.29. The minimum atomic E-state index is 0.0363. The second-order valence-electron chi connectivity index (χ2n) is 4.28. The third-order valence-electron chi connectivity index (χ3n) is 2.72. The van der Waals surface area contributed by atoms with Gasteiger partial charge in [-0.05, 0) is 41.0 Å². The van der Waals surface area contributed by atoms with Gasteiger partial charge in [0.2, 0.25) is 5.91 Å². The van der Waals surface area contributed by atoms with Crippen LogP contribution in [-0.4, -0.2) is 17.4 Å². The molecule has 0 saturated heterocycles. The Labute approximate surface area is 117 Å². The number of amides is 1. The van der Waals surface area contributed by atoms with Crippen LogP contribution in [0.5, 0.6) is 0 Å². The number of carbonyl (C=O) groups excluding carboxylic acids is 1. The van der Waals surface area contributed by atoms with Crippen LogP contribution in [0.4, 0.5) is 0 Å². The first-order valence-corrected chi connectivity index (χ1v) is 7.24. The Morgan fingerprint density at radius 3 is 3.00 bits per heavy atom. The highest BCUT2D eigenvalue weighted by Crippen LogP contribution is 2.11. The molecule has 0 aromatic carbocycles. The van der Waals surface area contributed by atoms with E-state index >= 15 is 0 Å². The molecule has 0 spiro atoms. The SMILES string of the molecule is CCCN(Cc1ccsc1)C(=O)/C=C/c1ccoc1. The molecule has 19 heavy (non-hydrogen) atoms. The van der Waals surface area contributed by atoms with Crippen LogP contribution in [-0.2, 0) is 11.3 Å². The van der Waals surface area contributed by atoms with Gasteiger partial charge in [-0.3, -0.25) is 4.79 Å². The summed E-state index contributed by atoms with van der Waals surface area (Å²) < 4.78 is 4.97. The summed E-state index contributed by atoms with van der Waals surface area (Å²) in [6.07, 6.45) is 7.55. The van der Waals surface area contributed by atoms with Gasteiger partial charge in [-0.2, -0.15) is 11.3 Å². The topological polar surface area (TPSA) is 33.5 Å². The van der Waals surface area contributed by atoms with Crippen molar-refractivity contribution in [3.8, 4) is 0 Å². The highest BCUT2D eigenvalue weighted by atomic mass is 32.1. The molecule has 0 bridgehead atoms. The average molecular weight is 275 g/mol. The first-order chi connectivity index (χ1) is 9.29. The lowest BCUT2D eigenvalue weighted by atomic mass is 10.2. The predicted molar refractivity (Wildman–Crippen MR) is 77.8 cm³/mol. The molecule has 0 atom stereocenters. The minimum Gasteiger partial charge on any atom is -0.472 e. The molecular formula is C15H17NO2S. The maximum absolute atomic E-state index is 12.2. The van der Waals surface area contributed by atoms with Crippen LogP contribution < -0.4 is 0 Å². The molecule has 100 valence electrons. The van der Waals surface area contributed by atoms with Gasteiger partial charge in [-0.1, -0.05) is 6.92 Å². The molecule has 4 heteroatoms. The van der Waals surface area contributed by atoms with E-state index in [9.17, 15) is 4.79 Å². The molecule has 2 aromatic heterocycles. The summed E-state index contributed by atoms with van der Waals surface area (Å²) in [6.45, 7) is 3.52. The fourth-order valence-electron chi connectivity index (χ4n) is 1.78. The van der Waals surface area contributed by atoms with Crippen molar-refractivity contribution in [1.82, 2.24) is 4.90 Å². The van der Waals surface area contributed by atoms with Crippen LogP contribution >= 0.6 is 11.3 Å². The third kappa shape index (κ3) is 4.10. The van der Waals surface area contributed by atoms with Gasteiger partial charge < -0.3 is 9.32 Å². The van der Waals surface area contributed by atoms with E-state index in [1.54, 1.807) is 36.0 Å². The Balaban J connectivity index is 1.99. The average Bonchev–Trinajstić information content (AvgIpc) is 3.08.